The van der Waals surface area contributed by atoms with E-state index in [0.29, 0.717) is 5.56 Å². The van der Waals surface area contributed by atoms with Crippen molar-refractivity contribution < 1.29 is 23.9 Å². The Balaban J connectivity index is 2.66. The maximum Gasteiger partial charge on any atom is 0.385 e. The summed E-state index contributed by atoms with van der Waals surface area (Å²) in [5.41, 5.74) is 1.91. The molecular formula is C14H12O5. The van der Waals surface area contributed by atoms with Gasteiger partial charge in [-0.2, -0.15) is 0 Å². The van der Waals surface area contributed by atoms with Gasteiger partial charge in [-0.05, 0) is 25.5 Å². The zero-order chi connectivity index (χ0) is 14.2. The molecule has 2 rings (SSSR count). The zero-order valence-electron chi connectivity index (χ0n) is 10.8. The highest BCUT2D eigenvalue weighted by atomic mass is 16.6. The molecule has 0 saturated heterocycles. The van der Waals surface area contributed by atoms with Crippen molar-refractivity contribution in [2.45, 2.75) is 13.8 Å². The number of cyclic esters (lactones) is 1. The molecule has 0 N–H and O–H groups in total. The molecule has 0 spiro atoms. The average molecular weight is 260 g/mol. The van der Waals surface area contributed by atoms with Crippen molar-refractivity contribution >= 4 is 23.5 Å². The van der Waals surface area contributed by atoms with Gasteiger partial charge in [0.2, 0.25) is 0 Å². The fraction of sp³-hybridized carbons (Fsp3) is 0.214. The first-order valence-corrected chi connectivity index (χ1v) is 5.62. The summed E-state index contributed by atoms with van der Waals surface area (Å²) >= 11 is 0. The number of Topliss-reactive ketones (excluding diaryl/α,β-unsaturated/α-hetero) is 1. The van der Waals surface area contributed by atoms with Crippen LogP contribution < -0.4 is 0 Å². The Morgan fingerprint density at radius 1 is 1.21 bits per heavy atom. The van der Waals surface area contributed by atoms with Crippen LogP contribution in [0.25, 0.3) is 5.76 Å². The maximum atomic E-state index is 11.7. The quantitative estimate of drug-likeness (QED) is 0.455. The van der Waals surface area contributed by atoms with Gasteiger partial charge in [0.15, 0.2) is 11.3 Å². The molecule has 0 atom stereocenters. The largest absolute Gasteiger partial charge is 0.465 e. The minimum atomic E-state index is -1.06. The molecule has 1 heterocycles. The first-order chi connectivity index (χ1) is 8.95. The summed E-state index contributed by atoms with van der Waals surface area (Å²) in [6.45, 7) is 3.66. The summed E-state index contributed by atoms with van der Waals surface area (Å²) in [6, 6.07) is 5.46. The number of rotatable bonds is 2. The van der Waals surface area contributed by atoms with E-state index in [2.05, 4.69) is 4.74 Å². The lowest BCUT2D eigenvalue weighted by atomic mass is 10.0. The van der Waals surface area contributed by atoms with Crippen LogP contribution in [0.5, 0.6) is 0 Å². The van der Waals surface area contributed by atoms with Crippen LogP contribution in [0.1, 0.15) is 16.7 Å². The van der Waals surface area contributed by atoms with Crippen molar-refractivity contribution in [1.29, 1.82) is 0 Å². The third-order valence-corrected chi connectivity index (χ3v) is 2.86. The van der Waals surface area contributed by atoms with Crippen LogP contribution in [-0.2, 0) is 23.9 Å². The molecule has 0 bridgehead atoms. The summed E-state index contributed by atoms with van der Waals surface area (Å²) in [6.07, 6.45) is 0. The Hall–Kier alpha value is -2.43. The van der Waals surface area contributed by atoms with Crippen LogP contribution >= 0.6 is 0 Å². The van der Waals surface area contributed by atoms with E-state index in [-0.39, 0.29) is 11.3 Å². The Bertz CT molecular complexity index is 625. The van der Waals surface area contributed by atoms with Crippen LogP contribution in [0.4, 0.5) is 0 Å². The number of benzene rings is 1. The summed E-state index contributed by atoms with van der Waals surface area (Å²) in [5, 5.41) is 0. The zero-order valence-corrected chi connectivity index (χ0v) is 10.8. The fourth-order valence-corrected chi connectivity index (χ4v) is 1.85. The van der Waals surface area contributed by atoms with E-state index in [1.807, 2.05) is 19.1 Å². The Morgan fingerprint density at radius 3 is 2.53 bits per heavy atom. The second kappa shape index (κ2) is 4.68. The molecule has 5 nitrogen and oxygen atoms in total. The van der Waals surface area contributed by atoms with Gasteiger partial charge in [-0.15, -0.1) is 0 Å². The van der Waals surface area contributed by atoms with Gasteiger partial charge < -0.3 is 9.47 Å². The summed E-state index contributed by atoms with van der Waals surface area (Å²) in [7, 11) is 1.14. The van der Waals surface area contributed by atoms with Crippen LogP contribution in [0.2, 0.25) is 0 Å². The number of methoxy groups -OCH3 is 1. The van der Waals surface area contributed by atoms with E-state index in [1.54, 1.807) is 13.0 Å². The Labute approximate surface area is 109 Å². The summed E-state index contributed by atoms with van der Waals surface area (Å²) in [5.74, 6) is -2.92. The SMILES string of the molecule is COC(=O)C1=C(c2cc(C)ccc2C)OC(=O)C1=O. The van der Waals surface area contributed by atoms with Gasteiger partial charge in [-0.25, -0.2) is 9.59 Å². The van der Waals surface area contributed by atoms with Crippen molar-refractivity contribution in [3.8, 4) is 0 Å². The van der Waals surface area contributed by atoms with Gasteiger partial charge in [0.1, 0.15) is 0 Å². The number of esters is 2. The van der Waals surface area contributed by atoms with Crippen molar-refractivity contribution in [2.75, 3.05) is 7.11 Å². The molecule has 0 radical (unpaired) electrons. The number of hydrogen-bond acceptors (Lipinski definition) is 5. The van der Waals surface area contributed by atoms with Crippen LogP contribution in [0, 0.1) is 13.8 Å². The van der Waals surface area contributed by atoms with E-state index in [1.165, 1.54) is 0 Å². The third-order valence-electron chi connectivity index (χ3n) is 2.86. The molecule has 98 valence electrons. The van der Waals surface area contributed by atoms with Gasteiger partial charge in [0.25, 0.3) is 5.78 Å². The normalized spacial score (nSPS) is 14.7. The molecule has 0 fully saturated rings. The number of carbonyl (C=O) groups is 3. The van der Waals surface area contributed by atoms with Crippen molar-refractivity contribution in [2.24, 2.45) is 0 Å². The standard InChI is InChI=1S/C14H12O5/c1-7-4-5-8(2)9(6-7)12-10(13(16)18-3)11(15)14(17)19-12/h4-6H,1-3H3. The molecule has 0 saturated carbocycles. The second-order valence-corrected chi connectivity index (χ2v) is 4.23. The molecular weight excluding hydrogens is 248 g/mol. The lowest BCUT2D eigenvalue weighted by molar-refractivity contribution is -0.146. The molecule has 1 aromatic carbocycles. The number of aryl methyl sites for hydroxylation is 2. The van der Waals surface area contributed by atoms with Crippen LogP contribution in [0.3, 0.4) is 0 Å². The van der Waals surface area contributed by atoms with Gasteiger partial charge >= 0.3 is 11.9 Å². The van der Waals surface area contributed by atoms with Crippen molar-refractivity contribution in [1.82, 2.24) is 0 Å². The van der Waals surface area contributed by atoms with E-state index >= 15 is 0 Å². The Kier molecular flexibility index (Phi) is 3.21. The first-order valence-electron chi connectivity index (χ1n) is 5.62. The molecule has 1 aliphatic heterocycles. The molecule has 1 aliphatic rings. The number of carbonyl (C=O) groups excluding carboxylic acids is 3. The topological polar surface area (TPSA) is 69.7 Å². The van der Waals surface area contributed by atoms with Gasteiger partial charge in [-0.3, -0.25) is 4.79 Å². The van der Waals surface area contributed by atoms with Crippen LogP contribution in [0.15, 0.2) is 23.8 Å². The fourth-order valence-electron chi connectivity index (χ4n) is 1.85. The monoisotopic (exact) mass is 260 g/mol. The predicted octanol–water partition coefficient (Wildman–Crippen LogP) is 1.31. The Morgan fingerprint density at radius 2 is 1.89 bits per heavy atom. The highest BCUT2D eigenvalue weighted by molar-refractivity contribution is 6.51. The number of ether oxygens (including phenoxy) is 2. The minimum Gasteiger partial charge on any atom is -0.465 e. The van der Waals surface area contributed by atoms with Gasteiger partial charge in [-0.1, -0.05) is 17.7 Å². The third kappa shape index (κ3) is 2.14. The first kappa shape index (κ1) is 13.0. The minimum absolute atomic E-state index is 0.0250. The van der Waals surface area contributed by atoms with E-state index in [9.17, 15) is 14.4 Å². The molecule has 0 unspecified atom stereocenters. The highest BCUT2D eigenvalue weighted by Gasteiger charge is 2.40. The molecule has 0 aliphatic carbocycles. The molecule has 0 aromatic heterocycles. The van der Waals surface area contributed by atoms with Gasteiger partial charge in [0, 0.05) is 5.56 Å². The van der Waals surface area contributed by atoms with Crippen molar-refractivity contribution in [3.63, 3.8) is 0 Å². The second-order valence-electron chi connectivity index (χ2n) is 4.23. The molecule has 5 heteroatoms. The van der Waals surface area contributed by atoms with Gasteiger partial charge in [0.05, 0.1) is 7.11 Å². The van der Waals surface area contributed by atoms with E-state index in [0.717, 1.165) is 18.2 Å². The van der Waals surface area contributed by atoms with Crippen molar-refractivity contribution in [3.05, 3.63) is 40.5 Å². The number of ketones is 1. The lowest BCUT2D eigenvalue weighted by Gasteiger charge is -2.08. The highest BCUT2D eigenvalue weighted by Crippen LogP contribution is 2.30. The smallest absolute Gasteiger partial charge is 0.385 e. The number of hydrogen-bond donors (Lipinski definition) is 0. The summed E-state index contributed by atoms with van der Waals surface area (Å²) < 4.78 is 9.45. The molecule has 1 aromatic rings. The average Bonchev–Trinajstić information content (AvgIpc) is 2.68. The van der Waals surface area contributed by atoms with E-state index in [4.69, 9.17) is 4.74 Å². The lowest BCUT2D eigenvalue weighted by Crippen LogP contribution is -2.16. The molecule has 19 heavy (non-hydrogen) atoms. The summed E-state index contributed by atoms with van der Waals surface area (Å²) in [4.78, 5) is 34.6. The molecule has 0 amide bonds. The van der Waals surface area contributed by atoms with Crippen LogP contribution in [-0.4, -0.2) is 24.8 Å². The predicted molar refractivity (Wildman–Crippen MR) is 66.0 cm³/mol. The van der Waals surface area contributed by atoms with E-state index < -0.39 is 17.7 Å². The maximum absolute atomic E-state index is 11.7.